The molecule has 0 radical (unpaired) electrons. The standard InChI is InChI=1S/C9H11FN2O2/c1-2-14-6-9(13)12-8-3-4-11-5-7(8)10/h3-5H,2,6H2,1H3,(H,11,12,13). The summed E-state index contributed by atoms with van der Waals surface area (Å²) < 4.78 is 17.8. The molecular formula is C9H11FN2O2. The second-order valence-corrected chi connectivity index (χ2v) is 2.54. The molecule has 1 amide bonds. The number of halogens is 1. The Labute approximate surface area is 81.1 Å². The molecule has 1 rings (SSSR count). The minimum atomic E-state index is -0.558. The van der Waals surface area contributed by atoms with Crippen LogP contribution < -0.4 is 5.32 Å². The number of amides is 1. The number of hydrogen-bond donors (Lipinski definition) is 1. The van der Waals surface area contributed by atoms with Crippen molar-refractivity contribution < 1.29 is 13.9 Å². The van der Waals surface area contributed by atoms with E-state index >= 15 is 0 Å². The number of pyridine rings is 1. The lowest BCUT2D eigenvalue weighted by Gasteiger charge is -2.05. The van der Waals surface area contributed by atoms with Crippen LogP contribution in [0.25, 0.3) is 0 Å². The number of carbonyl (C=O) groups excluding carboxylic acids is 1. The fraction of sp³-hybridized carbons (Fsp3) is 0.333. The van der Waals surface area contributed by atoms with E-state index in [1.54, 1.807) is 6.92 Å². The van der Waals surface area contributed by atoms with E-state index < -0.39 is 5.82 Å². The SMILES string of the molecule is CCOCC(=O)Nc1ccncc1F. The predicted molar refractivity (Wildman–Crippen MR) is 49.3 cm³/mol. The van der Waals surface area contributed by atoms with Gasteiger partial charge >= 0.3 is 0 Å². The minimum absolute atomic E-state index is 0.0712. The quantitative estimate of drug-likeness (QED) is 0.790. The topological polar surface area (TPSA) is 51.2 Å². The summed E-state index contributed by atoms with van der Waals surface area (Å²) in [4.78, 5) is 14.7. The molecular weight excluding hydrogens is 187 g/mol. The molecule has 0 aliphatic carbocycles. The first kappa shape index (κ1) is 10.6. The second-order valence-electron chi connectivity index (χ2n) is 2.54. The molecule has 1 aromatic heterocycles. The lowest BCUT2D eigenvalue weighted by molar-refractivity contribution is -0.120. The third-order valence-electron chi connectivity index (χ3n) is 1.48. The van der Waals surface area contributed by atoms with Crippen molar-refractivity contribution in [2.24, 2.45) is 0 Å². The molecule has 0 saturated carbocycles. The number of nitrogens with zero attached hydrogens (tertiary/aromatic N) is 1. The van der Waals surface area contributed by atoms with Gasteiger partial charge in [-0.2, -0.15) is 0 Å². The van der Waals surface area contributed by atoms with Crippen LogP contribution in [0, 0.1) is 5.82 Å². The highest BCUT2D eigenvalue weighted by Gasteiger charge is 2.05. The molecule has 0 spiro atoms. The fourth-order valence-corrected chi connectivity index (χ4v) is 0.858. The number of rotatable bonds is 4. The van der Waals surface area contributed by atoms with Gasteiger partial charge in [0.15, 0.2) is 5.82 Å². The maximum atomic E-state index is 13.0. The zero-order chi connectivity index (χ0) is 10.4. The van der Waals surface area contributed by atoms with Crippen LogP contribution >= 0.6 is 0 Å². The summed E-state index contributed by atoms with van der Waals surface area (Å²) in [5.41, 5.74) is 0.115. The minimum Gasteiger partial charge on any atom is -0.372 e. The van der Waals surface area contributed by atoms with E-state index in [9.17, 15) is 9.18 Å². The summed E-state index contributed by atoms with van der Waals surface area (Å²) in [5.74, 6) is -0.936. The van der Waals surface area contributed by atoms with E-state index in [4.69, 9.17) is 4.74 Å². The van der Waals surface area contributed by atoms with Crippen LogP contribution in [0.2, 0.25) is 0 Å². The number of nitrogens with one attached hydrogen (secondary N) is 1. The van der Waals surface area contributed by atoms with Gasteiger partial charge in [-0.25, -0.2) is 4.39 Å². The monoisotopic (exact) mass is 198 g/mol. The van der Waals surface area contributed by atoms with Crippen molar-refractivity contribution in [1.82, 2.24) is 4.98 Å². The molecule has 1 aromatic rings. The van der Waals surface area contributed by atoms with Gasteiger partial charge in [-0.15, -0.1) is 0 Å². The van der Waals surface area contributed by atoms with Gasteiger partial charge in [-0.1, -0.05) is 0 Å². The molecule has 0 atom stereocenters. The van der Waals surface area contributed by atoms with Crippen LogP contribution in [-0.4, -0.2) is 24.1 Å². The molecule has 5 heteroatoms. The normalized spacial score (nSPS) is 9.86. The Bertz CT molecular complexity index is 317. The van der Waals surface area contributed by atoms with Crippen LogP contribution in [0.5, 0.6) is 0 Å². The van der Waals surface area contributed by atoms with Crippen molar-refractivity contribution in [2.75, 3.05) is 18.5 Å². The number of hydrogen-bond acceptors (Lipinski definition) is 3. The largest absolute Gasteiger partial charge is 0.372 e. The Morgan fingerprint density at radius 2 is 2.50 bits per heavy atom. The molecule has 14 heavy (non-hydrogen) atoms. The number of anilines is 1. The highest BCUT2D eigenvalue weighted by atomic mass is 19.1. The fourth-order valence-electron chi connectivity index (χ4n) is 0.858. The number of ether oxygens (including phenoxy) is 1. The number of carbonyl (C=O) groups is 1. The van der Waals surface area contributed by atoms with Gasteiger partial charge in [-0.3, -0.25) is 9.78 Å². The van der Waals surface area contributed by atoms with Crippen molar-refractivity contribution in [2.45, 2.75) is 6.92 Å². The zero-order valence-corrected chi connectivity index (χ0v) is 7.79. The zero-order valence-electron chi connectivity index (χ0n) is 7.79. The van der Waals surface area contributed by atoms with E-state index in [0.717, 1.165) is 6.20 Å². The third kappa shape index (κ3) is 3.10. The van der Waals surface area contributed by atoms with Crippen LogP contribution in [0.1, 0.15) is 6.92 Å². The molecule has 0 aliphatic rings. The van der Waals surface area contributed by atoms with Crippen molar-refractivity contribution in [3.05, 3.63) is 24.3 Å². The lowest BCUT2D eigenvalue weighted by Crippen LogP contribution is -2.18. The first-order valence-corrected chi connectivity index (χ1v) is 4.21. The van der Waals surface area contributed by atoms with E-state index in [2.05, 4.69) is 10.3 Å². The molecule has 0 aliphatic heterocycles. The number of aromatic nitrogens is 1. The summed E-state index contributed by atoms with van der Waals surface area (Å²) in [6.07, 6.45) is 2.44. The van der Waals surface area contributed by atoms with E-state index in [1.807, 2.05) is 0 Å². The summed E-state index contributed by atoms with van der Waals surface area (Å²) in [6.45, 7) is 2.16. The maximum absolute atomic E-state index is 13.0. The molecule has 0 unspecified atom stereocenters. The molecule has 4 nitrogen and oxygen atoms in total. The van der Waals surface area contributed by atoms with Gasteiger partial charge in [0.2, 0.25) is 5.91 Å². The Kier molecular flexibility index (Phi) is 4.00. The smallest absolute Gasteiger partial charge is 0.250 e. The molecule has 1 N–H and O–H groups in total. The summed E-state index contributed by atoms with van der Waals surface area (Å²) in [5, 5.41) is 2.37. The van der Waals surface area contributed by atoms with E-state index in [-0.39, 0.29) is 18.2 Å². The summed E-state index contributed by atoms with van der Waals surface area (Å²) in [6, 6.07) is 1.39. The molecule has 0 saturated heterocycles. The van der Waals surface area contributed by atoms with Crippen LogP contribution in [0.3, 0.4) is 0 Å². The summed E-state index contributed by atoms with van der Waals surface area (Å²) in [7, 11) is 0. The Morgan fingerprint density at radius 3 is 3.14 bits per heavy atom. The third-order valence-corrected chi connectivity index (χ3v) is 1.48. The highest BCUT2D eigenvalue weighted by molar-refractivity contribution is 5.91. The van der Waals surface area contributed by atoms with Crippen molar-refractivity contribution >= 4 is 11.6 Å². The van der Waals surface area contributed by atoms with Crippen molar-refractivity contribution in [3.8, 4) is 0 Å². The van der Waals surface area contributed by atoms with E-state index in [0.29, 0.717) is 6.61 Å². The van der Waals surface area contributed by atoms with E-state index in [1.165, 1.54) is 12.3 Å². The van der Waals surface area contributed by atoms with Gasteiger partial charge in [0, 0.05) is 12.8 Å². The van der Waals surface area contributed by atoms with Gasteiger partial charge in [0.25, 0.3) is 0 Å². The molecule has 1 heterocycles. The maximum Gasteiger partial charge on any atom is 0.250 e. The Balaban J connectivity index is 2.52. The predicted octanol–water partition coefficient (Wildman–Crippen LogP) is 1.20. The second kappa shape index (κ2) is 5.29. The van der Waals surface area contributed by atoms with Crippen molar-refractivity contribution in [1.29, 1.82) is 0 Å². The van der Waals surface area contributed by atoms with Gasteiger partial charge in [-0.05, 0) is 13.0 Å². The molecule has 76 valence electrons. The highest BCUT2D eigenvalue weighted by Crippen LogP contribution is 2.10. The van der Waals surface area contributed by atoms with Crippen LogP contribution in [-0.2, 0) is 9.53 Å². The molecule has 0 bridgehead atoms. The molecule has 0 fully saturated rings. The first-order chi connectivity index (χ1) is 6.74. The summed E-state index contributed by atoms with van der Waals surface area (Å²) >= 11 is 0. The first-order valence-electron chi connectivity index (χ1n) is 4.21. The van der Waals surface area contributed by atoms with Crippen LogP contribution in [0.4, 0.5) is 10.1 Å². The van der Waals surface area contributed by atoms with Gasteiger partial charge in [0.1, 0.15) is 6.61 Å². The lowest BCUT2D eigenvalue weighted by atomic mass is 10.4. The van der Waals surface area contributed by atoms with Crippen LogP contribution in [0.15, 0.2) is 18.5 Å². The average molecular weight is 198 g/mol. The molecule has 0 aromatic carbocycles. The Morgan fingerprint density at radius 1 is 1.71 bits per heavy atom. The van der Waals surface area contributed by atoms with Gasteiger partial charge < -0.3 is 10.1 Å². The van der Waals surface area contributed by atoms with Gasteiger partial charge in [0.05, 0.1) is 11.9 Å². The average Bonchev–Trinajstić information content (AvgIpc) is 2.18. The van der Waals surface area contributed by atoms with Crippen molar-refractivity contribution in [3.63, 3.8) is 0 Å². The Hall–Kier alpha value is -1.49.